The molecule has 2 saturated carbocycles. The van der Waals surface area contributed by atoms with Gasteiger partial charge in [-0.15, -0.1) is 0 Å². The second kappa shape index (κ2) is 9.14. The second-order valence-electron chi connectivity index (χ2n) is 9.69. The van der Waals surface area contributed by atoms with Gasteiger partial charge in [-0.25, -0.2) is 8.78 Å². The minimum atomic E-state index is -0.658. The molecule has 0 aliphatic heterocycles. The summed E-state index contributed by atoms with van der Waals surface area (Å²) in [4.78, 5) is 0. The van der Waals surface area contributed by atoms with Crippen LogP contribution >= 0.6 is 0 Å². The van der Waals surface area contributed by atoms with Gasteiger partial charge in [-0.2, -0.15) is 0 Å². The Bertz CT molecular complexity index is 824. The maximum Gasteiger partial charge on any atom is 0.166 e. The molecule has 0 spiro atoms. The van der Waals surface area contributed by atoms with Crippen molar-refractivity contribution in [1.29, 1.82) is 0 Å². The monoisotopic (exact) mass is 398 g/mol. The van der Waals surface area contributed by atoms with Crippen molar-refractivity contribution in [3.63, 3.8) is 0 Å². The average molecular weight is 399 g/mol. The van der Waals surface area contributed by atoms with E-state index in [-0.39, 0.29) is 0 Å². The van der Waals surface area contributed by atoms with Gasteiger partial charge in [0.1, 0.15) is 0 Å². The summed E-state index contributed by atoms with van der Waals surface area (Å²) in [7, 11) is 0. The summed E-state index contributed by atoms with van der Waals surface area (Å²) >= 11 is 0. The number of fused-ring (bicyclic) bond motifs is 1. The molecule has 2 aromatic rings. The van der Waals surface area contributed by atoms with E-state index in [0.29, 0.717) is 23.3 Å². The largest absolute Gasteiger partial charge is 0.203 e. The zero-order valence-corrected chi connectivity index (χ0v) is 18.2. The summed E-state index contributed by atoms with van der Waals surface area (Å²) in [6, 6.07) is 7.93. The molecule has 0 atom stereocenters. The summed E-state index contributed by atoms with van der Waals surface area (Å²) in [5, 5.41) is 1.29. The van der Waals surface area contributed by atoms with E-state index in [1.165, 1.54) is 63.4 Å². The van der Waals surface area contributed by atoms with Crippen LogP contribution in [0, 0.1) is 29.4 Å². The van der Waals surface area contributed by atoms with E-state index in [9.17, 15) is 8.78 Å². The molecule has 0 bridgehead atoms. The maximum atomic E-state index is 14.7. The summed E-state index contributed by atoms with van der Waals surface area (Å²) in [5.74, 6) is 1.97. The van der Waals surface area contributed by atoms with Crippen LogP contribution in [0.5, 0.6) is 0 Å². The molecule has 158 valence electrons. The van der Waals surface area contributed by atoms with Crippen LogP contribution in [0.2, 0.25) is 0 Å². The van der Waals surface area contributed by atoms with E-state index >= 15 is 0 Å². The van der Waals surface area contributed by atoms with Crippen molar-refractivity contribution in [3.8, 4) is 0 Å². The highest BCUT2D eigenvalue weighted by molar-refractivity contribution is 5.85. The zero-order valence-electron chi connectivity index (χ0n) is 18.2. The fraction of sp³-hybridized carbons (Fsp3) is 0.630. The first kappa shape index (κ1) is 20.8. The second-order valence-corrected chi connectivity index (χ2v) is 9.69. The molecule has 0 heterocycles. The molecule has 2 aliphatic rings. The van der Waals surface area contributed by atoms with Gasteiger partial charge in [0.15, 0.2) is 11.6 Å². The third-order valence-corrected chi connectivity index (χ3v) is 8.02. The van der Waals surface area contributed by atoms with Gasteiger partial charge in [0.05, 0.1) is 0 Å². The molecule has 0 N–H and O–H groups in total. The summed E-state index contributed by atoms with van der Waals surface area (Å²) in [5.41, 5.74) is 1.70. The lowest BCUT2D eigenvalue weighted by Gasteiger charge is -2.38. The number of benzene rings is 2. The van der Waals surface area contributed by atoms with Crippen LogP contribution < -0.4 is 0 Å². The summed E-state index contributed by atoms with van der Waals surface area (Å²) in [6.45, 7) is 4.33. The van der Waals surface area contributed by atoms with Gasteiger partial charge in [0.2, 0.25) is 0 Å². The van der Waals surface area contributed by atoms with Gasteiger partial charge in [-0.05, 0) is 97.3 Å². The Balaban J connectivity index is 1.44. The van der Waals surface area contributed by atoms with Crippen LogP contribution in [0.15, 0.2) is 24.3 Å². The predicted octanol–water partition coefficient (Wildman–Crippen LogP) is 8.56. The van der Waals surface area contributed by atoms with Crippen LogP contribution in [-0.2, 0) is 6.42 Å². The lowest BCUT2D eigenvalue weighted by Crippen LogP contribution is -2.25. The predicted molar refractivity (Wildman–Crippen MR) is 118 cm³/mol. The van der Waals surface area contributed by atoms with Gasteiger partial charge in [-0.1, -0.05) is 51.7 Å². The van der Waals surface area contributed by atoms with Gasteiger partial charge in [0, 0.05) is 5.39 Å². The molecular formula is C27H36F2. The Labute approximate surface area is 175 Å². The highest BCUT2D eigenvalue weighted by Gasteiger charge is 2.31. The molecule has 4 rings (SSSR count). The smallest absolute Gasteiger partial charge is 0.166 e. The van der Waals surface area contributed by atoms with Crippen molar-refractivity contribution >= 4 is 10.8 Å². The number of hydrogen-bond acceptors (Lipinski definition) is 0. The lowest BCUT2D eigenvalue weighted by molar-refractivity contribution is 0.158. The number of halogens is 2. The van der Waals surface area contributed by atoms with Gasteiger partial charge < -0.3 is 0 Å². The van der Waals surface area contributed by atoms with Crippen LogP contribution in [0.4, 0.5) is 8.78 Å². The minimum Gasteiger partial charge on any atom is -0.203 e. The average Bonchev–Trinajstić information content (AvgIpc) is 2.77. The van der Waals surface area contributed by atoms with E-state index in [1.807, 2.05) is 25.1 Å². The SMILES string of the molecule is CCCc1cc2ccc(C3CCC(C4CCC(CC)CC4)CC3)cc2c(F)c1F. The quantitative estimate of drug-likeness (QED) is 0.473. The Hall–Kier alpha value is -1.44. The Morgan fingerprint density at radius 3 is 2.07 bits per heavy atom. The Kier molecular flexibility index (Phi) is 6.56. The van der Waals surface area contributed by atoms with Gasteiger partial charge in [0.25, 0.3) is 0 Å². The topological polar surface area (TPSA) is 0 Å². The highest BCUT2D eigenvalue weighted by Crippen LogP contribution is 2.44. The van der Waals surface area contributed by atoms with E-state index in [1.54, 1.807) is 0 Å². The number of rotatable bonds is 5. The van der Waals surface area contributed by atoms with Gasteiger partial charge >= 0.3 is 0 Å². The summed E-state index contributed by atoms with van der Waals surface area (Å²) in [6.07, 6.45) is 13.5. The lowest BCUT2D eigenvalue weighted by atomic mass is 9.68. The summed E-state index contributed by atoms with van der Waals surface area (Å²) < 4.78 is 29.1. The van der Waals surface area contributed by atoms with Crippen molar-refractivity contribution in [2.24, 2.45) is 17.8 Å². The minimum absolute atomic E-state index is 0.458. The normalized spacial score (nSPS) is 28.0. The molecule has 0 nitrogen and oxygen atoms in total. The molecule has 0 amide bonds. The molecule has 2 aromatic carbocycles. The van der Waals surface area contributed by atoms with E-state index in [0.717, 1.165) is 29.6 Å². The van der Waals surface area contributed by atoms with Crippen molar-refractivity contribution < 1.29 is 8.78 Å². The van der Waals surface area contributed by atoms with Crippen molar-refractivity contribution in [1.82, 2.24) is 0 Å². The van der Waals surface area contributed by atoms with E-state index < -0.39 is 11.6 Å². The Morgan fingerprint density at radius 2 is 1.45 bits per heavy atom. The van der Waals surface area contributed by atoms with E-state index in [2.05, 4.69) is 13.0 Å². The first-order chi connectivity index (χ1) is 14.1. The number of aryl methyl sites for hydroxylation is 1. The number of hydrogen-bond donors (Lipinski definition) is 0. The zero-order chi connectivity index (χ0) is 20.4. The van der Waals surface area contributed by atoms with Crippen molar-refractivity contribution in [2.75, 3.05) is 0 Å². The maximum absolute atomic E-state index is 14.7. The molecule has 2 fully saturated rings. The first-order valence-corrected chi connectivity index (χ1v) is 12.0. The molecule has 29 heavy (non-hydrogen) atoms. The fourth-order valence-electron chi connectivity index (χ4n) is 6.10. The van der Waals surface area contributed by atoms with Crippen LogP contribution in [0.3, 0.4) is 0 Å². The molecule has 0 radical (unpaired) electrons. The molecule has 2 aliphatic carbocycles. The molecule has 0 aromatic heterocycles. The van der Waals surface area contributed by atoms with Crippen LogP contribution in [0.25, 0.3) is 10.8 Å². The van der Waals surface area contributed by atoms with Crippen molar-refractivity contribution in [2.45, 2.75) is 90.4 Å². The standard InChI is InChI=1S/C27H36F2/c1-3-5-24-16-23-15-14-22(17-25(23)27(29)26(24)28)21-12-10-20(11-13-21)19-8-6-18(4-2)7-9-19/h14-21H,3-13H2,1-2H3. The third-order valence-electron chi connectivity index (χ3n) is 8.02. The van der Waals surface area contributed by atoms with Gasteiger partial charge in [-0.3, -0.25) is 0 Å². The fourth-order valence-corrected chi connectivity index (χ4v) is 6.10. The first-order valence-electron chi connectivity index (χ1n) is 12.0. The van der Waals surface area contributed by atoms with E-state index in [4.69, 9.17) is 0 Å². The molecule has 2 heteroatoms. The Morgan fingerprint density at radius 1 is 0.793 bits per heavy atom. The molecular weight excluding hydrogens is 362 g/mol. The van der Waals surface area contributed by atoms with Crippen LogP contribution in [0.1, 0.15) is 95.1 Å². The molecule has 0 unspecified atom stereocenters. The highest BCUT2D eigenvalue weighted by atomic mass is 19.2. The van der Waals surface area contributed by atoms with Crippen LogP contribution in [-0.4, -0.2) is 0 Å². The van der Waals surface area contributed by atoms with Crippen molar-refractivity contribution in [3.05, 3.63) is 47.0 Å². The molecule has 0 saturated heterocycles. The third kappa shape index (κ3) is 4.37.